The number of hydrogen-bond donors (Lipinski definition) is 3. The van der Waals surface area contributed by atoms with Crippen LogP contribution in [0.5, 0.6) is 0 Å². The molecule has 1 aromatic rings. The molecular weight excluding hydrogens is 424 g/mol. The van der Waals surface area contributed by atoms with E-state index in [4.69, 9.17) is 9.47 Å². The zero-order chi connectivity index (χ0) is 24.0. The number of carbonyl (C=O) groups excluding carboxylic acids is 2. The van der Waals surface area contributed by atoms with Gasteiger partial charge >= 0.3 is 6.09 Å². The van der Waals surface area contributed by atoms with Crippen LogP contribution in [0.15, 0.2) is 29.3 Å². The minimum Gasteiger partial charge on any atom is -0.453 e. The molecule has 3 unspecified atom stereocenters. The van der Waals surface area contributed by atoms with E-state index in [1.165, 1.54) is 7.11 Å². The number of amides is 2. The Balaban J connectivity index is 1.67. The molecule has 1 fully saturated rings. The van der Waals surface area contributed by atoms with Crippen molar-refractivity contribution in [3.8, 4) is 6.07 Å². The molecule has 3 rings (SSSR count). The molecule has 1 saturated heterocycles. The number of amidine groups is 1. The van der Waals surface area contributed by atoms with E-state index in [1.54, 1.807) is 25.3 Å². The molecule has 0 saturated carbocycles. The van der Waals surface area contributed by atoms with Gasteiger partial charge in [0.15, 0.2) is 0 Å². The number of hydrogen-bond acceptors (Lipinski definition) is 8. The predicted molar refractivity (Wildman–Crippen MR) is 124 cm³/mol. The van der Waals surface area contributed by atoms with Crippen LogP contribution in [0.1, 0.15) is 31.4 Å². The first-order valence-corrected chi connectivity index (χ1v) is 10.8. The van der Waals surface area contributed by atoms with Crippen LogP contribution in [0.2, 0.25) is 0 Å². The summed E-state index contributed by atoms with van der Waals surface area (Å²) in [5, 5.41) is 18.1. The maximum absolute atomic E-state index is 12.6. The molecule has 3 atom stereocenters. The highest BCUT2D eigenvalue weighted by Gasteiger charge is 2.26. The second-order valence-corrected chi connectivity index (χ2v) is 8.11. The fraction of sp³-hybridized carbons (Fsp3) is 0.478. The van der Waals surface area contributed by atoms with Crippen LogP contribution < -0.4 is 16.0 Å². The van der Waals surface area contributed by atoms with Gasteiger partial charge < -0.3 is 19.7 Å². The van der Waals surface area contributed by atoms with Gasteiger partial charge in [-0.3, -0.25) is 15.4 Å². The van der Waals surface area contributed by atoms with Gasteiger partial charge in [-0.05, 0) is 50.5 Å². The number of nitrogens with one attached hydrogen (secondary N) is 3. The quantitative estimate of drug-likeness (QED) is 0.574. The van der Waals surface area contributed by atoms with Crippen molar-refractivity contribution in [3.63, 3.8) is 0 Å². The van der Waals surface area contributed by atoms with E-state index in [-0.39, 0.29) is 24.7 Å². The van der Waals surface area contributed by atoms with Crippen molar-refractivity contribution in [2.45, 2.75) is 32.5 Å². The van der Waals surface area contributed by atoms with Crippen LogP contribution in [-0.2, 0) is 14.3 Å². The maximum Gasteiger partial charge on any atom is 0.411 e. The number of methoxy groups -OCH3 is 2. The Labute approximate surface area is 193 Å². The summed E-state index contributed by atoms with van der Waals surface area (Å²) in [5.41, 5.74) is 2.15. The molecule has 0 radical (unpaired) electrons. The van der Waals surface area contributed by atoms with Crippen molar-refractivity contribution in [1.82, 2.24) is 15.5 Å². The van der Waals surface area contributed by atoms with E-state index >= 15 is 0 Å². The smallest absolute Gasteiger partial charge is 0.411 e. The first-order chi connectivity index (χ1) is 15.8. The summed E-state index contributed by atoms with van der Waals surface area (Å²) in [6, 6.07) is 6.95. The Morgan fingerprint density at radius 2 is 2.15 bits per heavy atom. The standard InChI is InChI=1S/C23H30N6O4/c1-14-7-19(18-6-5-16(10-24)8-20(18)28-23(31)33-4)27-15(2)29(14)13-21(30)25-11-17-9-22(32-3)26-12-17/h5-8,14,17,22,26H,9,11-13H2,1-4H3,(H,25,30)(H,28,31). The third-order valence-corrected chi connectivity index (χ3v) is 5.80. The second-order valence-electron chi connectivity index (χ2n) is 8.11. The van der Waals surface area contributed by atoms with Crippen LogP contribution in [0, 0.1) is 17.2 Å². The lowest BCUT2D eigenvalue weighted by Gasteiger charge is -2.32. The van der Waals surface area contributed by atoms with Crippen molar-refractivity contribution in [2.75, 3.05) is 39.2 Å². The third kappa shape index (κ3) is 6.09. The molecule has 1 aromatic carbocycles. The summed E-state index contributed by atoms with van der Waals surface area (Å²) in [5.74, 6) is 0.960. The highest BCUT2D eigenvalue weighted by atomic mass is 16.5. The van der Waals surface area contributed by atoms with Crippen molar-refractivity contribution >= 4 is 29.2 Å². The van der Waals surface area contributed by atoms with Gasteiger partial charge in [-0.25, -0.2) is 9.79 Å². The van der Waals surface area contributed by atoms with Gasteiger partial charge in [-0.2, -0.15) is 5.26 Å². The van der Waals surface area contributed by atoms with E-state index in [0.717, 1.165) is 13.0 Å². The average molecular weight is 455 g/mol. The molecular formula is C23H30N6O4. The molecule has 176 valence electrons. The van der Waals surface area contributed by atoms with Gasteiger partial charge in [0.2, 0.25) is 5.91 Å². The molecule has 10 heteroatoms. The van der Waals surface area contributed by atoms with Crippen LogP contribution >= 0.6 is 0 Å². The van der Waals surface area contributed by atoms with Crippen molar-refractivity contribution in [2.24, 2.45) is 10.9 Å². The van der Waals surface area contributed by atoms with E-state index in [0.29, 0.717) is 40.8 Å². The third-order valence-electron chi connectivity index (χ3n) is 5.80. The summed E-state index contributed by atoms with van der Waals surface area (Å²) >= 11 is 0. The summed E-state index contributed by atoms with van der Waals surface area (Å²) in [4.78, 5) is 30.9. The normalized spacial score (nSPS) is 22.2. The Hall–Kier alpha value is -3.42. The van der Waals surface area contributed by atoms with Crippen molar-refractivity contribution < 1.29 is 19.1 Å². The lowest BCUT2D eigenvalue weighted by Crippen LogP contribution is -2.46. The zero-order valence-corrected chi connectivity index (χ0v) is 19.3. The number of nitrogens with zero attached hydrogens (tertiary/aromatic N) is 3. The first-order valence-electron chi connectivity index (χ1n) is 10.8. The summed E-state index contributed by atoms with van der Waals surface area (Å²) in [6.07, 6.45) is 2.21. The van der Waals surface area contributed by atoms with Crippen LogP contribution in [0.4, 0.5) is 10.5 Å². The fourth-order valence-electron chi connectivity index (χ4n) is 3.97. The molecule has 0 aliphatic carbocycles. The molecule has 0 bridgehead atoms. The number of rotatable bonds is 7. The van der Waals surface area contributed by atoms with Gasteiger partial charge in [0, 0.05) is 31.8 Å². The Kier molecular flexibility index (Phi) is 8.03. The number of nitriles is 1. The molecule has 0 spiro atoms. The fourth-order valence-corrected chi connectivity index (χ4v) is 3.97. The largest absolute Gasteiger partial charge is 0.453 e. The monoisotopic (exact) mass is 454 g/mol. The van der Waals surface area contributed by atoms with Gasteiger partial charge in [0.1, 0.15) is 12.1 Å². The van der Waals surface area contributed by atoms with E-state index in [9.17, 15) is 14.9 Å². The minimum atomic E-state index is -0.635. The van der Waals surface area contributed by atoms with Crippen LogP contribution in [0.25, 0.3) is 5.70 Å². The van der Waals surface area contributed by atoms with Gasteiger partial charge in [-0.1, -0.05) is 0 Å². The van der Waals surface area contributed by atoms with Crippen molar-refractivity contribution in [1.29, 1.82) is 5.26 Å². The molecule has 2 amide bonds. The second kappa shape index (κ2) is 10.9. The van der Waals surface area contributed by atoms with E-state index in [2.05, 4.69) is 27.0 Å². The molecule has 33 heavy (non-hydrogen) atoms. The highest BCUT2D eigenvalue weighted by Crippen LogP contribution is 2.30. The molecule has 3 N–H and O–H groups in total. The van der Waals surface area contributed by atoms with Gasteiger partial charge in [0.05, 0.1) is 36.7 Å². The lowest BCUT2D eigenvalue weighted by atomic mass is 10.0. The minimum absolute atomic E-state index is 0.0488. The molecule has 0 aromatic heterocycles. The summed E-state index contributed by atoms with van der Waals surface area (Å²) in [7, 11) is 2.95. The molecule has 2 aliphatic rings. The highest BCUT2D eigenvalue weighted by molar-refractivity contribution is 5.96. The topological polar surface area (TPSA) is 128 Å². The van der Waals surface area contributed by atoms with Crippen LogP contribution in [-0.4, -0.2) is 68.9 Å². The van der Waals surface area contributed by atoms with Gasteiger partial charge in [-0.15, -0.1) is 0 Å². The molecule has 2 aliphatic heterocycles. The number of benzene rings is 1. The first kappa shape index (κ1) is 24.2. The number of carbonyl (C=O) groups is 2. The molecule has 2 heterocycles. The van der Waals surface area contributed by atoms with E-state index in [1.807, 2.05) is 24.8 Å². The maximum atomic E-state index is 12.6. The summed E-state index contributed by atoms with van der Waals surface area (Å²) in [6.45, 7) is 5.43. The SMILES string of the molecule is COC(=O)Nc1cc(C#N)ccc1C1=CC(C)N(CC(=O)NCC2CNC(OC)C2)C(C)=N1. The lowest BCUT2D eigenvalue weighted by molar-refractivity contribution is -0.121. The zero-order valence-electron chi connectivity index (χ0n) is 19.3. The number of anilines is 1. The summed E-state index contributed by atoms with van der Waals surface area (Å²) < 4.78 is 9.99. The van der Waals surface area contributed by atoms with E-state index < -0.39 is 6.09 Å². The number of ether oxygens (including phenoxy) is 2. The number of aliphatic imine (C=N–C) groups is 1. The Morgan fingerprint density at radius 3 is 2.79 bits per heavy atom. The Bertz CT molecular complexity index is 999. The van der Waals surface area contributed by atoms with Gasteiger partial charge in [0.25, 0.3) is 0 Å². The molecule has 10 nitrogen and oxygen atoms in total. The van der Waals surface area contributed by atoms with Crippen molar-refractivity contribution in [3.05, 3.63) is 35.4 Å². The predicted octanol–water partition coefficient (Wildman–Crippen LogP) is 1.90. The average Bonchev–Trinajstić information content (AvgIpc) is 3.28. The van der Waals surface area contributed by atoms with Crippen LogP contribution in [0.3, 0.4) is 0 Å². The Morgan fingerprint density at radius 1 is 1.36 bits per heavy atom.